The molecule has 0 radical (unpaired) electrons. The Morgan fingerprint density at radius 1 is 1.57 bits per heavy atom. The number of ether oxygens (including phenoxy) is 1. The Balaban J connectivity index is 3.88. The van der Waals surface area contributed by atoms with Crippen LogP contribution in [0.25, 0.3) is 0 Å². The van der Waals surface area contributed by atoms with Crippen molar-refractivity contribution in [1.29, 1.82) is 0 Å². The third-order valence-corrected chi connectivity index (χ3v) is 2.22. The molecular weight excluding hydrogens is 206 g/mol. The predicted molar refractivity (Wildman–Crippen MR) is 54.2 cm³/mol. The summed E-state index contributed by atoms with van der Waals surface area (Å²) in [5.41, 5.74) is 5.47. The Labute approximate surface area is 87.0 Å². The van der Waals surface area contributed by atoms with Crippen molar-refractivity contribution in [2.75, 3.05) is 12.0 Å². The minimum atomic E-state index is -1.17. The monoisotopic (exact) mass is 221 g/mol. The van der Waals surface area contributed by atoms with E-state index in [-0.39, 0.29) is 0 Å². The van der Waals surface area contributed by atoms with Gasteiger partial charge in [0.2, 0.25) is 0 Å². The minimum absolute atomic E-state index is 0.492. The zero-order valence-electron chi connectivity index (χ0n) is 8.23. The molecule has 0 saturated heterocycles. The van der Waals surface area contributed by atoms with Crippen LogP contribution in [0, 0.1) is 0 Å². The standard InChI is InChI=1S/C8H15NO4S/c1-5(7(10)11)13-8(12)6(9)3-4-14-2/h5-6H,3-4,9H2,1-2H3,(H,10,11)/t5?,6-/m0/s1. The van der Waals surface area contributed by atoms with E-state index >= 15 is 0 Å². The van der Waals surface area contributed by atoms with Gasteiger partial charge in [-0.25, -0.2) is 4.79 Å². The topological polar surface area (TPSA) is 89.6 Å². The summed E-state index contributed by atoms with van der Waals surface area (Å²) in [6, 6.07) is -0.732. The number of hydrogen-bond acceptors (Lipinski definition) is 5. The average molecular weight is 221 g/mol. The van der Waals surface area contributed by atoms with Crippen molar-refractivity contribution in [3.05, 3.63) is 0 Å². The highest BCUT2D eigenvalue weighted by atomic mass is 32.2. The van der Waals surface area contributed by atoms with Crippen LogP contribution in [0.2, 0.25) is 0 Å². The Morgan fingerprint density at radius 2 is 2.14 bits per heavy atom. The van der Waals surface area contributed by atoms with E-state index in [1.54, 1.807) is 11.8 Å². The molecule has 0 aromatic rings. The fraction of sp³-hybridized carbons (Fsp3) is 0.750. The van der Waals surface area contributed by atoms with Crippen LogP contribution in [0.5, 0.6) is 0 Å². The number of carbonyl (C=O) groups is 2. The van der Waals surface area contributed by atoms with E-state index in [2.05, 4.69) is 4.74 Å². The lowest BCUT2D eigenvalue weighted by molar-refractivity contribution is -0.163. The number of aliphatic carboxylic acids is 1. The van der Waals surface area contributed by atoms with Crippen LogP contribution < -0.4 is 5.73 Å². The van der Waals surface area contributed by atoms with E-state index in [0.717, 1.165) is 5.75 Å². The molecule has 1 unspecified atom stereocenters. The number of carboxylic acids is 1. The molecule has 0 aliphatic carbocycles. The second kappa shape index (κ2) is 6.67. The van der Waals surface area contributed by atoms with Crippen molar-refractivity contribution in [1.82, 2.24) is 0 Å². The van der Waals surface area contributed by atoms with Gasteiger partial charge in [0.25, 0.3) is 0 Å². The van der Waals surface area contributed by atoms with Crippen molar-refractivity contribution >= 4 is 23.7 Å². The number of esters is 1. The molecule has 0 bridgehead atoms. The lowest BCUT2D eigenvalue weighted by Gasteiger charge is -2.13. The molecule has 14 heavy (non-hydrogen) atoms. The van der Waals surface area contributed by atoms with Crippen molar-refractivity contribution in [2.45, 2.75) is 25.5 Å². The molecule has 0 aliphatic rings. The van der Waals surface area contributed by atoms with E-state index in [0.29, 0.717) is 6.42 Å². The predicted octanol–water partition coefficient (Wildman–Crippen LogP) is 0.0831. The van der Waals surface area contributed by atoms with E-state index in [1.165, 1.54) is 6.92 Å². The molecule has 0 aromatic heterocycles. The van der Waals surface area contributed by atoms with Crippen molar-refractivity contribution in [2.24, 2.45) is 5.73 Å². The minimum Gasteiger partial charge on any atom is -0.479 e. The summed E-state index contributed by atoms with van der Waals surface area (Å²) in [6.45, 7) is 1.29. The third-order valence-electron chi connectivity index (χ3n) is 1.58. The summed E-state index contributed by atoms with van der Waals surface area (Å²) in [4.78, 5) is 21.5. The molecule has 0 fully saturated rings. The fourth-order valence-electron chi connectivity index (χ4n) is 0.675. The fourth-order valence-corrected chi connectivity index (χ4v) is 1.16. The maximum absolute atomic E-state index is 11.1. The van der Waals surface area contributed by atoms with Crippen molar-refractivity contribution < 1.29 is 19.4 Å². The Morgan fingerprint density at radius 3 is 2.57 bits per heavy atom. The van der Waals surface area contributed by atoms with Gasteiger partial charge < -0.3 is 15.6 Å². The van der Waals surface area contributed by atoms with Crippen LogP contribution in [0.15, 0.2) is 0 Å². The highest BCUT2D eigenvalue weighted by Crippen LogP contribution is 2.02. The van der Waals surface area contributed by atoms with Crippen LogP contribution >= 0.6 is 11.8 Å². The van der Waals surface area contributed by atoms with Gasteiger partial charge in [-0.3, -0.25) is 4.79 Å². The zero-order chi connectivity index (χ0) is 11.1. The lowest BCUT2D eigenvalue weighted by atomic mass is 10.2. The number of rotatable bonds is 6. The maximum Gasteiger partial charge on any atom is 0.344 e. The Hall–Kier alpha value is -0.750. The third kappa shape index (κ3) is 5.08. The summed E-state index contributed by atoms with van der Waals surface area (Å²) in [7, 11) is 0. The summed E-state index contributed by atoms with van der Waals surface area (Å²) < 4.78 is 4.60. The summed E-state index contributed by atoms with van der Waals surface area (Å²) in [5.74, 6) is -1.08. The lowest BCUT2D eigenvalue weighted by Crippen LogP contribution is -2.36. The van der Waals surface area contributed by atoms with Gasteiger partial charge in [-0.05, 0) is 25.4 Å². The van der Waals surface area contributed by atoms with Gasteiger partial charge in [-0.15, -0.1) is 0 Å². The Bertz CT molecular complexity index is 210. The Kier molecular flexibility index (Phi) is 6.31. The average Bonchev–Trinajstić information content (AvgIpc) is 2.13. The second-order valence-electron chi connectivity index (χ2n) is 2.81. The van der Waals surface area contributed by atoms with Crippen LogP contribution in [-0.4, -0.2) is 41.2 Å². The SMILES string of the molecule is CSCC[C@H](N)C(=O)OC(C)C(=O)O. The first-order chi connectivity index (χ1) is 6.49. The number of carboxylic acid groups (broad SMARTS) is 1. The van der Waals surface area contributed by atoms with Crippen molar-refractivity contribution in [3.63, 3.8) is 0 Å². The highest BCUT2D eigenvalue weighted by molar-refractivity contribution is 7.98. The van der Waals surface area contributed by atoms with Gasteiger partial charge in [-0.1, -0.05) is 0 Å². The molecule has 3 N–H and O–H groups in total. The van der Waals surface area contributed by atoms with E-state index in [4.69, 9.17) is 10.8 Å². The quantitative estimate of drug-likeness (QED) is 0.617. The molecule has 6 heteroatoms. The van der Waals surface area contributed by atoms with Gasteiger partial charge in [0.15, 0.2) is 6.10 Å². The first kappa shape index (κ1) is 13.2. The molecule has 0 spiro atoms. The molecule has 0 saturated carbocycles. The summed E-state index contributed by atoms with van der Waals surface area (Å²) in [6.07, 6.45) is 1.26. The molecule has 5 nitrogen and oxygen atoms in total. The molecule has 0 heterocycles. The zero-order valence-corrected chi connectivity index (χ0v) is 9.04. The van der Waals surface area contributed by atoms with Crippen LogP contribution in [0.1, 0.15) is 13.3 Å². The maximum atomic E-state index is 11.1. The molecular formula is C8H15NO4S. The van der Waals surface area contributed by atoms with Crippen LogP contribution in [0.4, 0.5) is 0 Å². The van der Waals surface area contributed by atoms with Gasteiger partial charge in [0.05, 0.1) is 0 Å². The van der Waals surface area contributed by atoms with Gasteiger partial charge in [0.1, 0.15) is 6.04 Å². The van der Waals surface area contributed by atoms with Gasteiger partial charge in [0, 0.05) is 0 Å². The normalized spacial score (nSPS) is 14.5. The molecule has 0 aromatic carbocycles. The first-order valence-corrected chi connectivity index (χ1v) is 5.56. The second-order valence-corrected chi connectivity index (χ2v) is 3.79. The smallest absolute Gasteiger partial charge is 0.344 e. The number of thioether (sulfide) groups is 1. The molecule has 0 amide bonds. The summed E-state index contributed by atoms with van der Waals surface area (Å²) >= 11 is 1.57. The molecule has 0 rings (SSSR count). The first-order valence-electron chi connectivity index (χ1n) is 4.16. The van der Waals surface area contributed by atoms with Crippen LogP contribution in [-0.2, 0) is 14.3 Å². The number of nitrogens with two attached hydrogens (primary N) is 1. The van der Waals surface area contributed by atoms with Crippen LogP contribution in [0.3, 0.4) is 0 Å². The molecule has 82 valence electrons. The van der Waals surface area contributed by atoms with Crippen molar-refractivity contribution in [3.8, 4) is 0 Å². The molecule has 0 aliphatic heterocycles. The number of hydrogen-bond donors (Lipinski definition) is 2. The van der Waals surface area contributed by atoms with E-state index in [9.17, 15) is 9.59 Å². The number of carbonyl (C=O) groups excluding carboxylic acids is 1. The highest BCUT2D eigenvalue weighted by Gasteiger charge is 2.21. The molecule has 2 atom stereocenters. The summed E-state index contributed by atoms with van der Waals surface area (Å²) in [5, 5.41) is 8.47. The van der Waals surface area contributed by atoms with E-state index < -0.39 is 24.1 Å². The van der Waals surface area contributed by atoms with E-state index in [1.807, 2.05) is 6.26 Å². The van der Waals surface area contributed by atoms with Gasteiger partial charge >= 0.3 is 11.9 Å². The van der Waals surface area contributed by atoms with Gasteiger partial charge in [-0.2, -0.15) is 11.8 Å². The largest absolute Gasteiger partial charge is 0.479 e.